The van der Waals surface area contributed by atoms with E-state index in [0.717, 1.165) is 16.9 Å². The first-order valence-electron chi connectivity index (χ1n) is 6.93. The van der Waals surface area contributed by atoms with Crippen LogP contribution < -0.4 is 5.56 Å². The second-order valence-electron chi connectivity index (χ2n) is 4.99. The van der Waals surface area contributed by atoms with E-state index in [1.165, 1.54) is 4.88 Å². The van der Waals surface area contributed by atoms with Crippen LogP contribution in [0.15, 0.2) is 35.8 Å². The van der Waals surface area contributed by atoms with E-state index in [0.29, 0.717) is 11.8 Å². The fourth-order valence-electron chi connectivity index (χ4n) is 2.31. The van der Waals surface area contributed by atoms with E-state index in [9.17, 15) is 4.79 Å². The first-order chi connectivity index (χ1) is 10.2. The molecule has 6 heteroatoms. The van der Waals surface area contributed by atoms with Crippen molar-refractivity contribution in [2.24, 2.45) is 0 Å². The van der Waals surface area contributed by atoms with Gasteiger partial charge in [-0.3, -0.25) is 19.3 Å². The maximum atomic E-state index is 12.6. The molecule has 0 aromatic carbocycles. The lowest BCUT2D eigenvalue weighted by Gasteiger charge is -2.13. The molecule has 3 aromatic rings. The molecule has 0 aliphatic rings. The van der Waals surface area contributed by atoms with Crippen LogP contribution in [-0.2, 0) is 12.8 Å². The highest BCUT2D eigenvalue weighted by molar-refractivity contribution is 7.18. The summed E-state index contributed by atoms with van der Waals surface area (Å²) >= 11 is 1.59. The zero-order valence-electron chi connectivity index (χ0n) is 12.0. The normalized spacial score (nSPS) is 12.7. The number of fused-ring (bicyclic) bond motifs is 1. The molecule has 0 saturated heterocycles. The summed E-state index contributed by atoms with van der Waals surface area (Å²) in [6.07, 6.45) is 8.26. The molecule has 0 bridgehead atoms. The molecule has 0 unspecified atom stereocenters. The molecule has 3 rings (SSSR count). The Hall–Kier alpha value is -2.08. The van der Waals surface area contributed by atoms with Crippen molar-refractivity contribution in [2.45, 2.75) is 32.7 Å². The largest absolute Gasteiger partial charge is 0.295 e. The lowest BCUT2D eigenvalue weighted by molar-refractivity contribution is 0.517. The summed E-state index contributed by atoms with van der Waals surface area (Å²) in [7, 11) is 0. The van der Waals surface area contributed by atoms with E-state index in [4.69, 9.17) is 0 Å². The molecular formula is C15H16N4OS. The Balaban J connectivity index is 1.96. The second-order valence-corrected chi connectivity index (χ2v) is 6.11. The minimum absolute atomic E-state index is 0.00363. The summed E-state index contributed by atoms with van der Waals surface area (Å²) in [4.78, 5) is 27.3. The van der Waals surface area contributed by atoms with E-state index in [1.807, 2.05) is 13.0 Å². The van der Waals surface area contributed by atoms with Crippen LogP contribution >= 0.6 is 11.3 Å². The molecule has 0 spiro atoms. The molecule has 0 saturated carbocycles. The number of rotatable bonds is 4. The molecule has 0 aliphatic heterocycles. The predicted octanol–water partition coefficient (Wildman–Crippen LogP) is 2.61. The zero-order chi connectivity index (χ0) is 14.8. The Bertz CT molecular complexity index is 809. The van der Waals surface area contributed by atoms with Gasteiger partial charge >= 0.3 is 0 Å². The van der Waals surface area contributed by atoms with Crippen molar-refractivity contribution in [3.05, 3.63) is 51.9 Å². The highest BCUT2D eigenvalue weighted by atomic mass is 32.1. The SMILES string of the molecule is CCc1cc2c(=O)n([C@H](C)Cc3cnccn3)cnc2s1. The van der Waals surface area contributed by atoms with Crippen molar-refractivity contribution in [1.29, 1.82) is 0 Å². The fraction of sp³-hybridized carbons (Fsp3) is 0.333. The van der Waals surface area contributed by atoms with Crippen LogP contribution in [0.3, 0.4) is 0 Å². The van der Waals surface area contributed by atoms with E-state index < -0.39 is 0 Å². The standard InChI is InChI=1S/C15H16N4OS/c1-3-12-7-13-14(21-12)18-9-19(15(13)20)10(2)6-11-8-16-4-5-17-11/h4-5,7-10H,3,6H2,1-2H3/t10-/m1/s1. The van der Waals surface area contributed by atoms with E-state index >= 15 is 0 Å². The minimum Gasteiger partial charge on any atom is -0.295 e. The fourth-order valence-corrected chi connectivity index (χ4v) is 3.24. The van der Waals surface area contributed by atoms with Crippen molar-refractivity contribution in [1.82, 2.24) is 19.5 Å². The molecule has 0 aliphatic carbocycles. The van der Waals surface area contributed by atoms with Gasteiger partial charge in [0.15, 0.2) is 0 Å². The van der Waals surface area contributed by atoms with E-state index in [2.05, 4.69) is 21.9 Å². The lowest BCUT2D eigenvalue weighted by Crippen LogP contribution is -2.24. The van der Waals surface area contributed by atoms with Gasteiger partial charge in [-0.05, 0) is 19.4 Å². The Kier molecular flexibility index (Phi) is 3.79. The van der Waals surface area contributed by atoms with Crippen LogP contribution in [0.1, 0.15) is 30.5 Å². The Labute approximate surface area is 126 Å². The average Bonchev–Trinajstić information content (AvgIpc) is 2.93. The molecule has 108 valence electrons. The van der Waals surface area contributed by atoms with Gasteiger partial charge in [-0.15, -0.1) is 11.3 Å². The quantitative estimate of drug-likeness (QED) is 0.743. The van der Waals surface area contributed by atoms with Gasteiger partial charge in [0.25, 0.3) is 5.56 Å². The number of aryl methyl sites for hydroxylation is 1. The van der Waals surface area contributed by atoms with Crippen molar-refractivity contribution >= 4 is 21.6 Å². The molecule has 0 N–H and O–H groups in total. The van der Waals surface area contributed by atoms with Crippen LogP contribution in [0.5, 0.6) is 0 Å². The zero-order valence-corrected chi connectivity index (χ0v) is 12.8. The van der Waals surface area contributed by atoms with Crippen LogP contribution in [0.4, 0.5) is 0 Å². The van der Waals surface area contributed by atoms with Gasteiger partial charge in [0.2, 0.25) is 0 Å². The first-order valence-corrected chi connectivity index (χ1v) is 7.75. The van der Waals surface area contributed by atoms with Gasteiger partial charge in [-0.25, -0.2) is 4.98 Å². The second kappa shape index (κ2) is 5.73. The summed E-state index contributed by atoms with van der Waals surface area (Å²) in [6, 6.07) is 1.96. The third-order valence-corrected chi connectivity index (χ3v) is 4.66. The molecule has 3 heterocycles. The maximum absolute atomic E-state index is 12.6. The minimum atomic E-state index is -0.00363. The summed E-state index contributed by atoms with van der Waals surface area (Å²) in [6.45, 7) is 4.08. The van der Waals surface area contributed by atoms with Crippen molar-refractivity contribution in [3.8, 4) is 0 Å². The number of aromatic nitrogens is 4. The Morgan fingerprint density at radius 3 is 2.90 bits per heavy atom. The summed E-state index contributed by atoms with van der Waals surface area (Å²) in [5, 5.41) is 0.713. The molecule has 5 nitrogen and oxygen atoms in total. The van der Waals surface area contributed by atoms with E-state index in [-0.39, 0.29) is 11.6 Å². The lowest BCUT2D eigenvalue weighted by atomic mass is 10.2. The van der Waals surface area contributed by atoms with Crippen LogP contribution in [-0.4, -0.2) is 19.5 Å². The predicted molar refractivity (Wildman–Crippen MR) is 83.7 cm³/mol. The molecule has 0 fully saturated rings. The Morgan fingerprint density at radius 1 is 1.33 bits per heavy atom. The molecule has 21 heavy (non-hydrogen) atoms. The number of thiophene rings is 1. The van der Waals surface area contributed by atoms with Crippen LogP contribution in [0.2, 0.25) is 0 Å². The molecule has 3 aromatic heterocycles. The maximum Gasteiger partial charge on any atom is 0.262 e. The van der Waals surface area contributed by atoms with Gasteiger partial charge in [0.1, 0.15) is 4.83 Å². The number of nitrogens with zero attached hydrogens (tertiary/aromatic N) is 4. The third-order valence-electron chi connectivity index (χ3n) is 3.47. The van der Waals surface area contributed by atoms with Gasteiger partial charge in [0, 0.05) is 35.9 Å². The van der Waals surface area contributed by atoms with E-state index in [1.54, 1.807) is 40.8 Å². The molecule has 0 amide bonds. The van der Waals surface area contributed by atoms with Crippen molar-refractivity contribution < 1.29 is 0 Å². The van der Waals surface area contributed by atoms with Crippen molar-refractivity contribution in [2.75, 3.05) is 0 Å². The Morgan fingerprint density at radius 2 is 2.19 bits per heavy atom. The summed E-state index contributed by atoms with van der Waals surface area (Å²) < 4.78 is 1.68. The topological polar surface area (TPSA) is 60.7 Å². The number of hydrogen-bond acceptors (Lipinski definition) is 5. The smallest absolute Gasteiger partial charge is 0.262 e. The van der Waals surface area contributed by atoms with Gasteiger partial charge in [-0.2, -0.15) is 0 Å². The van der Waals surface area contributed by atoms with Crippen LogP contribution in [0, 0.1) is 0 Å². The van der Waals surface area contributed by atoms with Crippen molar-refractivity contribution in [3.63, 3.8) is 0 Å². The van der Waals surface area contributed by atoms with Gasteiger partial charge < -0.3 is 0 Å². The summed E-state index contributed by atoms with van der Waals surface area (Å²) in [5.41, 5.74) is 0.893. The highest BCUT2D eigenvalue weighted by Crippen LogP contribution is 2.22. The molecule has 0 radical (unpaired) electrons. The van der Waals surface area contributed by atoms with Gasteiger partial charge in [0.05, 0.1) is 17.4 Å². The summed E-state index contributed by atoms with van der Waals surface area (Å²) in [5.74, 6) is 0. The highest BCUT2D eigenvalue weighted by Gasteiger charge is 2.13. The van der Waals surface area contributed by atoms with Gasteiger partial charge in [-0.1, -0.05) is 6.92 Å². The molecular weight excluding hydrogens is 284 g/mol. The monoisotopic (exact) mass is 300 g/mol. The first kappa shape index (κ1) is 13.9. The van der Waals surface area contributed by atoms with Crippen LogP contribution in [0.25, 0.3) is 10.2 Å². The average molecular weight is 300 g/mol. The third kappa shape index (κ3) is 2.71. The molecule has 1 atom stereocenters. The number of hydrogen-bond donors (Lipinski definition) is 0.